The van der Waals surface area contributed by atoms with Crippen molar-refractivity contribution in [2.45, 2.75) is 6.92 Å². The summed E-state index contributed by atoms with van der Waals surface area (Å²) in [6, 6.07) is 10.5. The summed E-state index contributed by atoms with van der Waals surface area (Å²) < 4.78 is 14.5. The van der Waals surface area contributed by atoms with E-state index in [2.05, 4.69) is 25.9 Å². The van der Waals surface area contributed by atoms with Gasteiger partial charge in [0.1, 0.15) is 11.0 Å². The molecule has 100 valence electrons. The Morgan fingerprint density at radius 1 is 1.10 bits per heavy atom. The van der Waals surface area contributed by atoms with E-state index in [1.807, 2.05) is 18.2 Å². The Morgan fingerprint density at radius 3 is 2.65 bits per heavy atom. The van der Waals surface area contributed by atoms with E-state index >= 15 is 0 Å². The zero-order valence-electron chi connectivity index (χ0n) is 10.5. The van der Waals surface area contributed by atoms with E-state index in [1.54, 1.807) is 19.1 Å². The van der Waals surface area contributed by atoms with Gasteiger partial charge in [0.05, 0.1) is 5.52 Å². The van der Waals surface area contributed by atoms with Crippen molar-refractivity contribution in [2.24, 2.45) is 0 Å². The lowest BCUT2D eigenvalue weighted by molar-refractivity contribution is 0.619. The number of halogens is 3. The first-order valence-corrected chi connectivity index (χ1v) is 7.11. The van der Waals surface area contributed by atoms with Crippen molar-refractivity contribution in [3.05, 3.63) is 57.4 Å². The first kappa shape index (κ1) is 13.5. The predicted octanol–water partition coefficient (Wildman–Crippen LogP) is 5.16. The summed E-state index contributed by atoms with van der Waals surface area (Å²) in [7, 11) is 0. The Hall–Kier alpha value is -1.52. The molecule has 0 saturated heterocycles. The van der Waals surface area contributed by atoms with Gasteiger partial charge in [0.2, 0.25) is 0 Å². The van der Waals surface area contributed by atoms with Gasteiger partial charge in [0.15, 0.2) is 5.82 Å². The number of aryl methyl sites for hydroxylation is 1. The first-order chi connectivity index (χ1) is 9.54. The van der Waals surface area contributed by atoms with Crippen molar-refractivity contribution in [1.82, 2.24) is 9.97 Å². The number of hydrogen-bond donors (Lipinski definition) is 0. The summed E-state index contributed by atoms with van der Waals surface area (Å²) in [5.74, 6) is 0.141. The Labute approximate surface area is 128 Å². The molecule has 2 nitrogen and oxygen atoms in total. The third-order valence-corrected chi connectivity index (χ3v) is 3.82. The van der Waals surface area contributed by atoms with Crippen molar-refractivity contribution in [2.75, 3.05) is 0 Å². The standard InChI is InChI=1S/C15H9BrClFN2/c1-8-2-3-9(6-12(8)18)15-19-13-5-4-10(16)7-11(13)14(17)20-15/h2-7H,1H3. The van der Waals surface area contributed by atoms with Crippen LogP contribution in [0, 0.1) is 12.7 Å². The normalized spacial score (nSPS) is 11.0. The Bertz CT molecular complexity index is 820. The molecule has 0 saturated carbocycles. The van der Waals surface area contributed by atoms with E-state index in [0.29, 0.717) is 22.1 Å². The average molecular weight is 352 g/mol. The van der Waals surface area contributed by atoms with Gasteiger partial charge < -0.3 is 0 Å². The molecule has 0 spiro atoms. The molecule has 0 aliphatic heterocycles. The third kappa shape index (κ3) is 2.41. The van der Waals surface area contributed by atoms with Crippen molar-refractivity contribution in [1.29, 1.82) is 0 Å². The average Bonchev–Trinajstić information content (AvgIpc) is 2.42. The zero-order chi connectivity index (χ0) is 14.3. The summed E-state index contributed by atoms with van der Waals surface area (Å²) in [4.78, 5) is 8.69. The summed E-state index contributed by atoms with van der Waals surface area (Å²) in [5.41, 5.74) is 1.92. The molecular weight excluding hydrogens is 343 g/mol. The minimum atomic E-state index is -0.280. The minimum Gasteiger partial charge on any atom is -0.228 e. The molecule has 0 N–H and O–H groups in total. The lowest BCUT2D eigenvalue weighted by atomic mass is 10.1. The van der Waals surface area contributed by atoms with Crippen LogP contribution >= 0.6 is 27.5 Å². The fourth-order valence-electron chi connectivity index (χ4n) is 1.92. The molecule has 5 heteroatoms. The molecule has 0 bridgehead atoms. The molecule has 0 aliphatic rings. The van der Waals surface area contributed by atoms with Gasteiger partial charge in [-0.3, -0.25) is 0 Å². The van der Waals surface area contributed by atoms with Crippen LogP contribution < -0.4 is 0 Å². The smallest absolute Gasteiger partial charge is 0.161 e. The lowest BCUT2D eigenvalue weighted by Gasteiger charge is -2.06. The maximum atomic E-state index is 13.6. The number of hydrogen-bond acceptors (Lipinski definition) is 2. The highest BCUT2D eigenvalue weighted by Gasteiger charge is 2.10. The lowest BCUT2D eigenvalue weighted by Crippen LogP contribution is -1.93. The topological polar surface area (TPSA) is 25.8 Å². The predicted molar refractivity (Wildman–Crippen MR) is 82.4 cm³/mol. The molecule has 2 aromatic carbocycles. The van der Waals surface area contributed by atoms with E-state index < -0.39 is 0 Å². The summed E-state index contributed by atoms with van der Waals surface area (Å²) in [6.07, 6.45) is 0. The molecule has 0 atom stereocenters. The van der Waals surface area contributed by atoms with Crippen LogP contribution in [-0.2, 0) is 0 Å². The first-order valence-electron chi connectivity index (χ1n) is 5.94. The van der Waals surface area contributed by atoms with Crippen molar-refractivity contribution in [3.63, 3.8) is 0 Å². The molecule has 3 rings (SSSR count). The van der Waals surface area contributed by atoms with E-state index in [4.69, 9.17) is 11.6 Å². The number of nitrogens with zero attached hydrogens (tertiary/aromatic N) is 2. The largest absolute Gasteiger partial charge is 0.228 e. The highest BCUT2D eigenvalue weighted by molar-refractivity contribution is 9.10. The van der Waals surface area contributed by atoms with E-state index in [9.17, 15) is 4.39 Å². The number of rotatable bonds is 1. The van der Waals surface area contributed by atoms with Gasteiger partial charge in [-0.25, -0.2) is 14.4 Å². The fourth-order valence-corrected chi connectivity index (χ4v) is 2.52. The maximum absolute atomic E-state index is 13.6. The molecule has 3 aromatic rings. The van der Waals surface area contributed by atoms with Crippen LogP contribution in [0.2, 0.25) is 5.15 Å². The van der Waals surface area contributed by atoms with Crippen LogP contribution in [0.5, 0.6) is 0 Å². The van der Waals surface area contributed by atoms with Gasteiger partial charge in [-0.2, -0.15) is 0 Å². The van der Waals surface area contributed by atoms with Crippen molar-refractivity contribution < 1.29 is 4.39 Å². The quantitative estimate of drug-likeness (QED) is 0.566. The van der Waals surface area contributed by atoms with E-state index in [1.165, 1.54) is 6.07 Å². The fraction of sp³-hybridized carbons (Fsp3) is 0.0667. The Morgan fingerprint density at radius 2 is 1.90 bits per heavy atom. The summed E-state index contributed by atoms with van der Waals surface area (Å²) >= 11 is 9.57. The Kier molecular flexibility index (Phi) is 3.44. The van der Waals surface area contributed by atoms with Gasteiger partial charge in [-0.05, 0) is 36.8 Å². The molecule has 0 fully saturated rings. The summed E-state index contributed by atoms with van der Waals surface area (Å²) in [5, 5.41) is 1.12. The SMILES string of the molecule is Cc1ccc(-c2nc(Cl)c3cc(Br)ccc3n2)cc1F. The molecular formula is C15H9BrClFN2. The second-order valence-electron chi connectivity index (χ2n) is 4.46. The highest BCUT2D eigenvalue weighted by Crippen LogP contribution is 2.27. The van der Waals surface area contributed by atoms with E-state index in [0.717, 1.165) is 15.4 Å². The van der Waals surface area contributed by atoms with Crippen LogP contribution in [0.15, 0.2) is 40.9 Å². The molecule has 20 heavy (non-hydrogen) atoms. The van der Waals surface area contributed by atoms with Gasteiger partial charge in [-0.1, -0.05) is 39.7 Å². The van der Waals surface area contributed by atoms with E-state index in [-0.39, 0.29) is 5.82 Å². The van der Waals surface area contributed by atoms with Crippen LogP contribution in [0.1, 0.15) is 5.56 Å². The molecule has 0 amide bonds. The minimum absolute atomic E-state index is 0.280. The van der Waals surface area contributed by atoms with Gasteiger partial charge in [0.25, 0.3) is 0 Å². The number of fused-ring (bicyclic) bond motifs is 1. The van der Waals surface area contributed by atoms with Crippen LogP contribution in [0.4, 0.5) is 4.39 Å². The van der Waals surface area contributed by atoms with Gasteiger partial charge in [0, 0.05) is 15.4 Å². The van der Waals surface area contributed by atoms with Gasteiger partial charge in [-0.15, -0.1) is 0 Å². The second-order valence-corrected chi connectivity index (χ2v) is 5.74. The highest BCUT2D eigenvalue weighted by atomic mass is 79.9. The van der Waals surface area contributed by atoms with Gasteiger partial charge >= 0.3 is 0 Å². The zero-order valence-corrected chi connectivity index (χ0v) is 12.8. The second kappa shape index (κ2) is 5.11. The van der Waals surface area contributed by atoms with Crippen molar-refractivity contribution in [3.8, 4) is 11.4 Å². The van der Waals surface area contributed by atoms with Crippen LogP contribution in [-0.4, -0.2) is 9.97 Å². The summed E-state index contributed by atoms with van der Waals surface area (Å²) in [6.45, 7) is 1.71. The molecule has 0 aliphatic carbocycles. The molecule has 0 unspecified atom stereocenters. The third-order valence-electron chi connectivity index (χ3n) is 3.04. The van der Waals surface area contributed by atoms with Crippen LogP contribution in [0.3, 0.4) is 0 Å². The Balaban J connectivity index is 2.21. The van der Waals surface area contributed by atoms with Crippen LogP contribution in [0.25, 0.3) is 22.3 Å². The number of aromatic nitrogens is 2. The molecule has 1 aromatic heterocycles. The van der Waals surface area contributed by atoms with Crippen molar-refractivity contribution >= 4 is 38.4 Å². The number of benzene rings is 2. The maximum Gasteiger partial charge on any atom is 0.161 e. The molecule has 0 radical (unpaired) electrons. The monoisotopic (exact) mass is 350 g/mol. The molecule has 1 heterocycles.